The second kappa shape index (κ2) is 5.40. The number of methoxy groups -OCH3 is 2. The Morgan fingerprint density at radius 3 is 2.07 bits per heavy atom. The molecule has 0 aliphatic rings. The summed E-state index contributed by atoms with van der Waals surface area (Å²) in [6.45, 7) is 4.35. The third kappa shape index (κ3) is 2.65. The maximum Gasteiger partial charge on any atom is 0.161 e. The molecule has 0 N–H and O–H groups in total. The molecule has 2 nitrogen and oxygen atoms in total. The molecular weight excluding hydrogens is 256 g/mol. The maximum absolute atomic E-state index is 5.29. The summed E-state index contributed by atoms with van der Waals surface area (Å²) in [7, 11) is 3.32. The van der Waals surface area contributed by atoms with Gasteiger partial charge in [0.1, 0.15) is 0 Å². The summed E-state index contributed by atoms with van der Waals surface area (Å²) in [5.74, 6) is 2.07. The minimum absolute atomic E-state index is 0.484. The standard InChI is InChI=1S/C12H17BrO2/c1-8(2)10-6-12(15-4)11(14-3)5-9(10)7-13/h5-6,8H,7H2,1-4H3. The van der Waals surface area contributed by atoms with Crippen molar-refractivity contribution in [2.75, 3.05) is 14.2 Å². The molecule has 0 saturated carbocycles. The molecule has 1 aromatic carbocycles. The second-order valence-corrected chi connectivity index (χ2v) is 4.26. The van der Waals surface area contributed by atoms with Gasteiger partial charge in [0, 0.05) is 5.33 Å². The Balaban J connectivity index is 3.27. The Morgan fingerprint density at radius 1 is 1.13 bits per heavy atom. The fraction of sp³-hybridized carbons (Fsp3) is 0.500. The van der Waals surface area contributed by atoms with Crippen LogP contribution in [0.25, 0.3) is 0 Å². The van der Waals surface area contributed by atoms with Crippen molar-refractivity contribution >= 4 is 15.9 Å². The van der Waals surface area contributed by atoms with Crippen LogP contribution < -0.4 is 9.47 Å². The van der Waals surface area contributed by atoms with Crippen molar-refractivity contribution in [2.45, 2.75) is 25.1 Å². The zero-order valence-electron chi connectivity index (χ0n) is 9.63. The number of hydrogen-bond donors (Lipinski definition) is 0. The number of alkyl halides is 1. The van der Waals surface area contributed by atoms with E-state index in [4.69, 9.17) is 9.47 Å². The van der Waals surface area contributed by atoms with Gasteiger partial charge in [-0.3, -0.25) is 0 Å². The molecule has 1 rings (SSSR count). The highest BCUT2D eigenvalue weighted by Gasteiger charge is 2.12. The van der Waals surface area contributed by atoms with Crippen LogP contribution in [0.3, 0.4) is 0 Å². The van der Waals surface area contributed by atoms with E-state index >= 15 is 0 Å². The fourth-order valence-corrected chi connectivity index (χ4v) is 2.08. The van der Waals surface area contributed by atoms with E-state index in [2.05, 4.69) is 35.8 Å². The van der Waals surface area contributed by atoms with Crippen LogP contribution in [0.1, 0.15) is 30.9 Å². The minimum Gasteiger partial charge on any atom is -0.493 e. The summed E-state index contributed by atoms with van der Waals surface area (Å²) in [5, 5.41) is 0.834. The van der Waals surface area contributed by atoms with E-state index in [0.717, 1.165) is 16.8 Å². The Labute approximate surface area is 99.7 Å². The lowest BCUT2D eigenvalue weighted by atomic mass is 9.97. The Kier molecular flexibility index (Phi) is 4.45. The highest BCUT2D eigenvalue weighted by molar-refractivity contribution is 9.08. The lowest BCUT2D eigenvalue weighted by molar-refractivity contribution is 0.354. The van der Waals surface area contributed by atoms with E-state index in [9.17, 15) is 0 Å². The first kappa shape index (κ1) is 12.4. The zero-order chi connectivity index (χ0) is 11.4. The zero-order valence-corrected chi connectivity index (χ0v) is 11.2. The van der Waals surface area contributed by atoms with E-state index < -0.39 is 0 Å². The first-order valence-electron chi connectivity index (χ1n) is 4.94. The van der Waals surface area contributed by atoms with Crippen molar-refractivity contribution in [3.8, 4) is 11.5 Å². The van der Waals surface area contributed by atoms with Crippen LogP contribution >= 0.6 is 15.9 Å². The summed E-state index contributed by atoms with van der Waals surface area (Å²) in [4.78, 5) is 0. The fourth-order valence-electron chi connectivity index (χ4n) is 1.59. The van der Waals surface area contributed by atoms with Crippen molar-refractivity contribution in [2.24, 2.45) is 0 Å². The van der Waals surface area contributed by atoms with E-state index in [1.807, 2.05) is 6.07 Å². The molecule has 0 spiro atoms. The summed E-state index contributed by atoms with van der Waals surface area (Å²) < 4.78 is 10.6. The SMILES string of the molecule is COc1cc(CBr)c(C(C)C)cc1OC. The summed E-state index contributed by atoms with van der Waals surface area (Å²) in [6, 6.07) is 4.09. The lowest BCUT2D eigenvalue weighted by Gasteiger charge is -2.15. The molecule has 0 saturated heterocycles. The first-order valence-corrected chi connectivity index (χ1v) is 6.07. The van der Waals surface area contributed by atoms with Crippen LogP contribution in [0.2, 0.25) is 0 Å². The minimum atomic E-state index is 0.484. The number of rotatable bonds is 4. The largest absolute Gasteiger partial charge is 0.493 e. The lowest BCUT2D eigenvalue weighted by Crippen LogP contribution is -1.98. The van der Waals surface area contributed by atoms with Crippen LogP contribution in [0.4, 0.5) is 0 Å². The number of benzene rings is 1. The van der Waals surface area contributed by atoms with Crippen LogP contribution in [0, 0.1) is 0 Å². The quantitative estimate of drug-likeness (QED) is 0.778. The highest BCUT2D eigenvalue weighted by atomic mass is 79.9. The van der Waals surface area contributed by atoms with Crippen LogP contribution in [-0.4, -0.2) is 14.2 Å². The highest BCUT2D eigenvalue weighted by Crippen LogP contribution is 2.34. The maximum atomic E-state index is 5.29. The van der Waals surface area contributed by atoms with Gasteiger partial charge < -0.3 is 9.47 Å². The molecule has 0 aromatic heterocycles. The second-order valence-electron chi connectivity index (χ2n) is 3.69. The molecule has 0 radical (unpaired) electrons. The average molecular weight is 273 g/mol. The van der Waals surface area contributed by atoms with Gasteiger partial charge >= 0.3 is 0 Å². The molecule has 3 heteroatoms. The molecule has 84 valence electrons. The van der Waals surface area contributed by atoms with Crippen LogP contribution in [-0.2, 0) is 5.33 Å². The van der Waals surface area contributed by atoms with E-state index in [1.165, 1.54) is 11.1 Å². The van der Waals surface area contributed by atoms with E-state index in [-0.39, 0.29) is 0 Å². The normalized spacial score (nSPS) is 10.5. The van der Waals surface area contributed by atoms with E-state index in [0.29, 0.717) is 5.92 Å². The number of hydrogen-bond acceptors (Lipinski definition) is 2. The van der Waals surface area contributed by atoms with Crippen molar-refractivity contribution in [3.63, 3.8) is 0 Å². The van der Waals surface area contributed by atoms with Crippen molar-refractivity contribution < 1.29 is 9.47 Å². The van der Waals surface area contributed by atoms with Gasteiger partial charge in [-0.2, -0.15) is 0 Å². The average Bonchev–Trinajstić information content (AvgIpc) is 2.26. The summed E-state index contributed by atoms with van der Waals surface area (Å²) >= 11 is 3.49. The monoisotopic (exact) mass is 272 g/mol. The van der Waals surface area contributed by atoms with Gasteiger partial charge in [-0.05, 0) is 29.2 Å². The van der Waals surface area contributed by atoms with Gasteiger partial charge in [0.2, 0.25) is 0 Å². The summed E-state index contributed by atoms with van der Waals surface area (Å²) in [6.07, 6.45) is 0. The van der Waals surface area contributed by atoms with Gasteiger partial charge in [0.05, 0.1) is 14.2 Å². The predicted octanol–water partition coefficient (Wildman–Crippen LogP) is 3.72. The number of ether oxygens (including phenoxy) is 2. The Hall–Kier alpha value is -0.700. The Bertz CT molecular complexity index is 335. The molecule has 0 bridgehead atoms. The van der Waals surface area contributed by atoms with E-state index in [1.54, 1.807) is 14.2 Å². The summed E-state index contributed by atoms with van der Waals surface area (Å²) in [5.41, 5.74) is 2.55. The van der Waals surface area contributed by atoms with Gasteiger partial charge in [-0.25, -0.2) is 0 Å². The third-order valence-corrected chi connectivity index (χ3v) is 3.02. The number of halogens is 1. The van der Waals surface area contributed by atoms with Crippen molar-refractivity contribution in [1.82, 2.24) is 0 Å². The molecule has 0 atom stereocenters. The van der Waals surface area contributed by atoms with Crippen LogP contribution in [0.5, 0.6) is 11.5 Å². The molecule has 0 fully saturated rings. The molecular formula is C12H17BrO2. The van der Waals surface area contributed by atoms with Crippen molar-refractivity contribution in [3.05, 3.63) is 23.3 Å². The molecule has 0 aliphatic heterocycles. The van der Waals surface area contributed by atoms with Gasteiger partial charge in [-0.1, -0.05) is 29.8 Å². The molecule has 0 heterocycles. The predicted molar refractivity (Wildman–Crippen MR) is 66.3 cm³/mol. The molecule has 0 aliphatic carbocycles. The third-order valence-electron chi connectivity index (χ3n) is 2.41. The molecule has 15 heavy (non-hydrogen) atoms. The molecule has 0 unspecified atom stereocenters. The molecule has 0 amide bonds. The van der Waals surface area contributed by atoms with Crippen molar-refractivity contribution in [1.29, 1.82) is 0 Å². The first-order chi connectivity index (χ1) is 7.13. The van der Waals surface area contributed by atoms with Gasteiger partial charge in [-0.15, -0.1) is 0 Å². The molecule has 1 aromatic rings. The topological polar surface area (TPSA) is 18.5 Å². The smallest absolute Gasteiger partial charge is 0.161 e. The van der Waals surface area contributed by atoms with Crippen LogP contribution in [0.15, 0.2) is 12.1 Å². The van der Waals surface area contributed by atoms with Gasteiger partial charge in [0.25, 0.3) is 0 Å². The van der Waals surface area contributed by atoms with Gasteiger partial charge in [0.15, 0.2) is 11.5 Å². The Morgan fingerprint density at radius 2 is 1.67 bits per heavy atom.